The van der Waals surface area contributed by atoms with Gasteiger partial charge in [0.1, 0.15) is 0 Å². The van der Waals surface area contributed by atoms with Crippen LogP contribution in [0.5, 0.6) is 0 Å². The number of rotatable bonds is 3. The van der Waals surface area contributed by atoms with Crippen LogP contribution < -0.4 is 11.1 Å². The lowest BCUT2D eigenvalue weighted by molar-refractivity contribution is 0.138. The van der Waals surface area contributed by atoms with Crippen LogP contribution in [0.2, 0.25) is 0 Å². The van der Waals surface area contributed by atoms with Gasteiger partial charge in [0, 0.05) is 12.5 Å². The Hall–Kier alpha value is -1.22. The Labute approximate surface area is 96.7 Å². The van der Waals surface area contributed by atoms with Crippen molar-refractivity contribution >= 4 is 11.4 Å². The van der Waals surface area contributed by atoms with E-state index in [1.807, 2.05) is 25.1 Å². The van der Waals surface area contributed by atoms with Crippen molar-refractivity contribution in [1.29, 1.82) is 0 Å². The fourth-order valence-corrected chi connectivity index (χ4v) is 2.34. The zero-order valence-electron chi connectivity index (χ0n) is 9.74. The molecule has 3 heteroatoms. The maximum absolute atomic E-state index is 9.71. The van der Waals surface area contributed by atoms with E-state index in [1.54, 1.807) is 0 Å². The molecule has 16 heavy (non-hydrogen) atoms. The molecule has 0 heterocycles. The van der Waals surface area contributed by atoms with Gasteiger partial charge in [-0.15, -0.1) is 0 Å². The molecule has 2 unspecified atom stereocenters. The van der Waals surface area contributed by atoms with Gasteiger partial charge in [-0.1, -0.05) is 12.5 Å². The van der Waals surface area contributed by atoms with Gasteiger partial charge in [0.25, 0.3) is 0 Å². The molecule has 0 radical (unpaired) electrons. The van der Waals surface area contributed by atoms with Crippen molar-refractivity contribution in [3.8, 4) is 0 Å². The number of aryl methyl sites for hydroxylation is 1. The number of anilines is 2. The number of hydrogen-bond acceptors (Lipinski definition) is 3. The number of hydrogen-bond donors (Lipinski definition) is 3. The van der Waals surface area contributed by atoms with Crippen molar-refractivity contribution in [1.82, 2.24) is 0 Å². The monoisotopic (exact) mass is 220 g/mol. The Bertz CT molecular complexity index is 365. The van der Waals surface area contributed by atoms with Gasteiger partial charge in [-0.3, -0.25) is 0 Å². The second-order valence-corrected chi connectivity index (χ2v) is 4.73. The smallest absolute Gasteiger partial charge is 0.0585 e. The molecule has 0 bridgehead atoms. The minimum Gasteiger partial charge on any atom is -0.397 e. The van der Waals surface area contributed by atoms with E-state index in [9.17, 15) is 5.11 Å². The highest BCUT2D eigenvalue weighted by atomic mass is 16.3. The van der Waals surface area contributed by atoms with E-state index in [0.29, 0.717) is 5.92 Å². The first kappa shape index (κ1) is 11.3. The highest BCUT2D eigenvalue weighted by Gasteiger charge is 2.24. The molecule has 1 aromatic rings. The van der Waals surface area contributed by atoms with Gasteiger partial charge in [0.15, 0.2) is 0 Å². The summed E-state index contributed by atoms with van der Waals surface area (Å²) in [4.78, 5) is 0. The molecule has 0 aliphatic heterocycles. The molecular weight excluding hydrogens is 200 g/mol. The zero-order chi connectivity index (χ0) is 11.5. The number of benzene rings is 1. The topological polar surface area (TPSA) is 58.3 Å². The number of nitrogens with one attached hydrogen (secondary N) is 1. The largest absolute Gasteiger partial charge is 0.397 e. The molecule has 1 aliphatic carbocycles. The number of aliphatic hydroxyl groups excluding tert-OH is 1. The van der Waals surface area contributed by atoms with E-state index in [-0.39, 0.29) is 6.10 Å². The molecule has 1 aliphatic rings. The average molecular weight is 220 g/mol. The molecule has 2 atom stereocenters. The van der Waals surface area contributed by atoms with Crippen LogP contribution in [0.4, 0.5) is 11.4 Å². The SMILES string of the molecule is Cc1ccc(NCC2CCCC2O)c(N)c1. The molecule has 3 nitrogen and oxygen atoms in total. The van der Waals surface area contributed by atoms with Crippen molar-refractivity contribution in [2.24, 2.45) is 5.92 Å². The molecule has 0 aromatic heterocycles. The summed E-state index contributed by atoms with van der Waals surface area (Å²) in [7, 11) is 0. The second kappa shape index (κ2) is 4.74. The third-order valence-corrected chi connectivity index (χ3v) is 3.38. The van der Waals surface area contributed by atoms with Crippen LogP contribution in [0, 0.1) is 12.8 Å². The van der Waals surface area contributed by atoms with Crippen LogP contribution in [-0.2, 0) is 0 Å². The third-order valence-electron chi connectivity index (χ3n) is 3.38. The standard InChI is InChI=1S/C13H20N2O/c1-9-5-6-12(11(14)7-9)15-8-10-3-2-4-13(10)16/h5-7,10,13,15-16H,2-4,8,14H2,1H3. The van der Waals surface area contributed by atoms with Gasteiger partial charge < -0.3 is 16.2 Å². The van der Waals surface area contributed by atoms with Crippen LogP contribution in [0.25, 0.3) is 0 Å². The van der Waals surface area contributed by atoms with Gasteiger partial charge >= 0.3 is 0 Å². The average Bonchev–Trinajstić information content (AvgIpc) is 2.63. The zero-order valence-corrected chi connectivity index (χ0v) is 9.74. The van der Waals surface area contributed by atoms with Gasteiger partial charge in [-0.2, -0.15) is 0 Å². The fourth-order valence-electron chi connectivity index (χ4n) is 2.34. The van der Waals surface area contributed by atoms with Crippen LogP contribution >= 0.6 is 0 Å². The van der Waals surface area contributed by atoms with Gasteiger partial charge in [-0.05, 0) is 37.5 Å². The summed E-state index contributed by atoms with van der Waals surface area (Å²) >= 11 is 0. The Morgan fingerprint density at radius 3 is 2.88 bits per heavy atom. The van der Waals surface area contributed by atoms with Crippen molar-refractivity contribution in [2.75, 3.05) is 17.6 Å². The van der Waals surface area contributed by atoms with E-state index in [0.717, 1.165) is 37.2 Å². The predicted molar refractivity (Wildman–Crippen MR) is 67.4 cm³/mol. The Kier molecular flexibility index (Phi) is 3.34. The molecule has 0 spiro atoms. The Morgan fingerprint density at radius 1 is 1.44 bits per heavy atom. The molecule has 1 aromatic carbocycles. The summed E-state index contributed by atoms with van der Waals surface area (Å²) in [5, 5.41) is 13.0. The summed E-state index contributed by atoms with van der Waals surface area (Å²) in [6, 6.07) is 6.02. The van der Waals surface area contributed by atoms with Crippen molar-refractivity contribution in [2.45, 2.75) is 32.3 Å². The van der Waals surface area contributed by atoms with Crippen LogP contribution in [0.3, 0.4) is 0 Å². The first-order valence-corrected chi connectivity index (χ1v) is 5.95. The highest BCUT2D eigenvalue weighted by Crippen LogP contribution is 2.27. The molecular formula is C13H20N2O. The second-order valence-electron chi connectivity index (χ2n) is 4.73. The van der Waals surface area contributed by atoms with Gasteiger partial charge in [0.2, 0.25) is 0 Å². The number of nitrogen functional groups attached to an aromatic ring is 1. The van der Waals surface area contributed by atoms with E-state index in [4.69, 9.17) is 5.73 Å². The lowest BCUT2D eigenvalue weighted by Gasteiger charge is -2.17. The highest BCUT2D eigenvalue weighted by molar-refractivity contribution is 5.66. The maximum Gasteiger partial charge on any atom is 0.0585 e. The lowest BCUT2D eigenvalue weighted by Crippen LogP contribution is -2.22. The maximum atomic E-state index is 9.71. The quantitative estimate of drug-likeness (QED) is 0.684. The molecule has 0 saturated heterocycles. The summed E-state index contributed by atoms with van der Waals surface area (Å²) < 4.78 is 0. The van der Waals surface area contributed by atoms with E-state index in [1.165, 1.54) is 5.56 Å². The summed E-state index contributed by atoms with van der Waals surface area (Å²) in [5.41, 5.74) is 8.85. The molecule has 1 fully saturated rings. The molecule has 0 amide bonds. The Morgan fingerprint density at radius 2 is 2.25 bits per heavy atom. The van der Waals surface area contributed by atoms with Gasteiger partial charge in [-0.25, -0.2) is 0 Å². The van der Waals surface area contributed by atoms with E-state index < -0.39 is 0 Å². The Balaban J connectivity index is 1.94. The van der Waals surface area contributed by atoms with Crippen LogP contribution in [-0.4, -0.2) is 17.8 Å². The van der Waals surface area contributed by atoms with Crippen LogP contribution in [0.1, 0.15) is 24.8 Å². The lowest BCUT2D eigenvalue weighted by atomic mass is 10.1. The molecule has 2 rings (SSSR count). The number of aliphatic hydroxyl groups is 1. The van der Waals surface area contributed by atoms with E-state index in [2.05, 4.69) is 5.32 Å². The van der Waals surface area contributed by atoms with Crippen molar-refractivity contribution in [3.63, 3.8) is 0 Å². The minimum absolute atomic E-state index is 0.140. The minimum atomic E-state index is -0.140. The molecule has 88 valence electrons. The van der Waals surface area contributed by atoms with Crippen molar-refractivity contribution in [3.05, 3.63) is 23.8 Å². The summed E-state index contributed by atoms with van der Waals surface area (Å²) in [5.74, 6) is 0.376. The predicted octanol–water partition coefficient (Wildman–Crippen LogP) is 2.15. The van der Waals surface area contributed by atoms with Gasteiger partial charge in [0.05, 0.1) is 17.5 Å². The first-order valence-electron chi connectivity index (χ1n) is 5.95. The van der Waals surface area contributed by atoms with Crippen LogP contribution in [0.15, 0.2) is 18.2 Å². The normalized spacial score (nSPS) is 24.6. The molecule has 4 N–H and O–H groups in total. The van der Waals surface area contributed by atoms with E-state index >= 15 is 0 Å². The fraction of sp³-hybridized carbons (Fsp3) is 0.538. The summed E-state index contributed by atoms with van der Waals surface area (Å²) in [6.45, 7) is 2.84. The first-order chi connectivity index (χ1) is 7.66. The summed E-state index contributed by atoms with van der Waals surface area (Å²) in [6.07, 6.45) is 3.05. The molecule has 1 saturated carbocycles. The number of nitrogens with two attached hydrogens (primary N) is 1. The third kappa shape index (κ3) is 2.47. The van der Waals surface area contributed by atoms with Crippen molar-refractivity contribution < 1.29 is 5.11 Å².